The number of amides is 1. The first kappa shape index (κ1) is 36.5. The Hall–Kier alpha value is -4.73. The van der Waals surface area contributed by atoms with Crippen LogP contribution in [0.5, 0.6) is 11.6 Å². The minimum absolute atomic E-state index is 0.0825. The third-order valence-electron chi connectivity index (χ3n) is 7.76. The normalized spacial score (nSPS) is 17.0. The van der Waals surface area contributed by atoms with Crippen molar-refractivity contribution >= 4 is 38.5 Å². The molecule has 5 rings (SSSR count). The number of aryl methyl sites for hydroxylation is 1. The number of hydrogen-bond acceptors (Lipinski definition) is 9. The fraction of sp³-hybridized carbons (Fsp3) is 0.412. The third-order valence-corrected chi connectivity index (χ3v) is 9.08. The molecule has 2 aromatic carbocycles. The molecule has 1 aliphatic heterocycles. The summed E-state index contributed by atoms with van der Waals surface area (Å²) in [4.78, 5) is 27.2. The highest BCUT2D eigenvalue weighted by Crippen LogP contribution is 2.40. The first-order chi connectivity index (χ1) is 23.4. The van der Waals surface area contributed by atoms with Crippen molar-refractivity contribution in [2.24, 2.45) is 0 Å². The molecule has 2 N–H and O–H groups in total. The molecule has 4 aromatic rings. The van der Waals surface area contributed by atoms with Crippen molar-refractivity contribution in [2.45, 2.75) is 71.2 Å². The van der Waals surface area contributed by atoms with Gasteiger partial charge in [0, 0.05) is 48.6 Å². The van der Waals surface area contributed by atoms with E-state index in [2.05, 4.69) is 20.3 Å². The summed E-state index contributed by atoms with van der Waals surface area (Å²) in [6.45, 7) is 8.16. The molecule has 50 heavy (non-hydrogen) atoms. The number of fused-ring (bicyclic) bond motifs is 1. The minimum atomic E-state index is -4.64. The van der Waals surface area contributed by atoms with E-state index in [1.165, 1.54) is 29.4 Å². The number of sulfonamides is 1. The number of pyridine rings is 1. The average molecular weight is 719 g/mol. The molecule has 1 amide bonds. The Balaban J connectivity index is 1.42. The number of carbonyl (C=O) groups excluding carboxylic acids is 1. The molecular formula is C34H38F4N6O5S. The van der Waals surface area contributed by atoms with Gasteiger partial charge in [-0.1, -0.05) is 19.1 Å². The van der Waals surface area contributed by atoms with Crippen molar-refractivity contribution < 1.29 is 40.2 Å². The van der Waals surface area contributed by atoms with E-state index in [0.29, 0.717) is 22.2 Å². The molecule has 0 bridgehead atoms. The predicted octanol–water partition coefficient (Wildman–Crippen LogP) is 7.48. The van der Waals surface area contributed by atoms with Crippen molar-refractivity contribution in [2.75, 3.05) is 28.9 Å². The Labute approximate surface area is 287 Å². The van der Waals surface area contributed by atoms with Gasteiger partial charge >= 0.3 is 6.09 Å². The molecule has 1 saturated heterocycles. The van der Waals surface area contributed by atoms with Crippen molar-refractivity contribution in [3.63, 3.8) is 0 Å². The van der Waals surface area contributed by atoms with Crippen molar-refractivity contribution in [1.29, 1.82) is 0 Å². The van der Waals surface area contributed by atoms with Gasteiger partial charge in [-0.3, -0.25) is 4.72 Å². The third kappa shape index (κ3) is 8.89. The largest absolute Gasteiger partial charge is 0.444 e. The van der Waals surface area contributed by atoms with Crippen LogP contribution < -0.4 is 14.8 Å². The summed E-state index contributed by atoms with van der Waals surface area (Å²) in [5.41, 5.74) is 0.178. The number of piperidine rings is 1. The second-order valence-corrected chi connectivity index (χ2v) is 14.8. The molecule has 0 radical (unpaired) electrons. The summed E-state index contributed by atoms with van der Waals surface area (Å²) < 4.78 is 96.6. The smallest absolute Gasteiger partial charge is 0.410 e. The Morgan fingerprint density at radius 3 is 2.50 bits per heavy atom. The lowest BCUT2D eigenvalue weighted by molar-refractivity contribution is 0.0123. The molecule has 0 saturated carbocycles. The van der Waals surface area contributed by atoms with E-state index in [1.807, 2.05) is 4.72 Å². The number of aromatic nitrogens is 3. The van der Waals surface area contributed by atoms with Crippen LogP contribution in [-0.2, 0) is 14.8 Å². The number of anilines is 2. The summed E-state index contributed by atoms with van der Waals surface area (Å²) in [5.74, 6) is -5.49. The van der Waals surface area contributed by atoms with Gasteiger partial charge in [-0.05, 0) is 63.6 Å². The zero-order valence-electron chi connectivity index (χ0n) is 28.1. The number of rotatable bonds is 10. The fourth-order valence-electron chi connectivity index (χ4n) is 5.41. The van der Waals surface area contributed by atoms with E-state index in [0.717, 1.165) is 13.0 Å². The molecule has 2 atom stereocenters. The monoisotopic (exact) mass is 718 g/mol. The van der Waals surface area contributed by atoms with E-state index in [4.69, 9.17) is 9.47 Å². The predicted molar refractivity (Wildman–Crippen MR) is 181 cm³/mol. The minimum Gasteiger partial charge on any atom is -0.444 e. The number of nitrogens with one attached hydrogen (secondary N) is 2. The summed E-state index contributed by atoms with van der Waals surface area (Å²) in [6, 6.07) is 9.92. The van der Waals surface area contributed by atoms with Crippen LogP contribution in [0.25, 0.3) is 22.0 Å². The summed E-state index contributed by atoms with van der Waals surface area (Å²) >= 11 is 0. The molecule has 0 unspecified atom stereocenters. The van der Waals surface area contributed by atoms with Gasteiger partial charge in [0.05, 0.1) is 23.5 Å². The zero-order chi connectivity index (χ0) is 36.4. The van der Waals surface area contributed by atoms with Gasteiger partial charge in [0.25, 0.3) is 5.92 Å². The van der Waals surface area contributed by atoms with Crippen LogP contribution in [0, 0.1) is 12.7 Å². The maximum absolute atomic E-state index is 15.0. The van der Waals surface area contributed by atoms with Gasteiger partial charge < -0.3 is 19.7 Å². The molecule has 1 aliphatic rings. The number of halogens is 4. The Bertz CT molecular complexity index is 1990. The molecule has 0 spiro atoms. The van der Waals surface area contributed by atoms with E-state index < -0.39 is 63.5 Å². The molecule has 268 valence electrons. The van der Waals surface area contributed by atoms with Crippen molar-refractivity contribution in [3.8, 4) is 22.9 Å². The van der Waals surface area contributed by atoms with Gasteiger partial charge in [-0.2, -0.15) is 0 Å². The summed E-state index contributed by atoms with van der Waals surface area (Å²) in [7, 11) is -4.64. The van der Waals surface area contributed by atoms with Crippen LogP contribution in [-0.4, -0.2) is 76.9 Å². The van der Waals surface area contributed by atoms with E-state index >= 15 is 4.39 Å². The number of nitrogens with zero attached hydrogens (tertiary/aromatic N) is 4. The second kappa shape index (κ2) is 14.2. The highest BCUT2D eigenvalue weighted by atomic mass is 32.2. The first-order valence-corrected chi connectivity index (χ1v) is 17.5. The summed E-state index contributed by atoms with van der Waals surface area (Å²) in [6.07, 6.45) is 0.490. The second-order valence-electron chi connectivity index (χ2n) is 13.1. The lowest BCUT2D eigenvalue weighted by Crippen LogP contribution is -2.51. The Kier molecular flexibility index (Phi) is 10.4. The van der Waals surface area contributed by atoms with E-state index in [1.54, 1.807) is 52.0 Å². The SMILES string of the molecule is CCC(F)(F)CS(=O)(=O)Nc1c(F)ccc2c(Oc3ncccc3-c3ccnc(N[C@@H]4C[C@@H](F)CN(C(=O)OC(C)(C)C)C4)n3)c(C)ccc12. The number of likely N-dealkylation sites (tertiary alicyclic amines) is 1. The maximum atomic E-state index is 15.0. The lowest BCUT2D eigenvalue weighted by Gasteiger charge is -2.36. The standard InChI is InChI=1S/C34H38F4N6O5S/c1-6-34(37,38)19-50(46,47)43-28-23-10-9-20(2)29(24(23)11-12-26(28)36)48-30-25(8-7-14-39-30)27-13-15-40-31(42-27)41-22-16-21(35)17-44(18-22)32(45)49-33(3,4)5/h7-15,21-22,43H,6,16-19H2,1-5H3,(H,40,41,42)/t21-,22-/m1/s1. The summed E-state index contributed by atoms with van der Waals surface area (Å²) in [5, 5.41) is 3.48. The van der Waals surface area contributed by atoms with Crippen LogP contribution in [0.4, 0.5) is 34.0 Å². The first-order valence-electron chi connectivity index (χ1n) is 15.9. The number of benzene rings is 2. The fourth-order valence-corrected chi connectivity index (χ4v) is 6.76. The lowest BCUT2D eigenvalue weighted by atomic mass is 10.0. The van der Waals surface area contributed by atoms with Gasteiger partial charge in [0.2, 0.25) is 21.9 Å². The molecule has 1 fully saturated rings. The van der Waals surface area contributed by atoms with Crippen LogP contribution in [0.1, 0.15) is 46.1 Å². The van der Waals surface area contributed by atoms with Crippen LogP contribution in [0.2, 0.25) is 0 Å². The molecule has 16 heteroatoms. The van der Waals surface area contributed by atoms with Crippen molar-refractivity contribution in [3.05, 3.63) is 66.2 Å². The van der Waals surface area contributed by atoms with Gasteiger partial charge in [0.1, 0.15) is 29.1 Å². The van der Waals surface area contributed by atoms with Crippen molar-refractivity contribution in [1.82, 2.24) is 19.9 Å². The molecule has 3 heterocycles. The van der Waals surface area contributed by atoms with Crippen LogP contribution in [0.3, 0.4) is 0 Å². The number of ether oxygens (including phenoxy) is 2. The van der Waals surface area contributed by atoms with Gasteiger partial charge in [-0.25, -0.2) is 45.7 Å². The number of carbonyl (C=O) groups is 1. The quantitative estimate of drug-likeness (QED) is 0.160. The molecule has 2 aromatic heterocycles. The molecular weight excluding hydrogens is 680 g/mol. The van der Waals surface area contributed by atoms with E-state index in [9.17, 15) is 26.4 Å². The Morgan fingerprint density at radius 1 is 1.04 bits per heavy atom. The number of hydrogen-bond donors (Lipinski definition) is 2. The van der Waals surface area contributed by atoms with E-state index in [-0.39, 0.29) is 42.5 Å². The highest BCUT2D eigenvalue weighted by Gasteiger charge is 2.35. The van der Waals surface area contributed by atoms with Gasteiger partial charge in [0.15, 0.2) is 0 Å². The number of alkyl halides is 3. The van der Waals surface area contributed by atoms with Crippen LogP contribution >= 0.6 is 0 Å². The molecule has 0 aliphatic carbocycles. The van der Waals surface area contributed by atoms with Crippen LogP contribution in [0.15, 0.2) is 54.9 Å². The maximum Gasteiger partial charge on any atom is 0.410 e. The topological polar surface area (TPSA) is 136 Å². The average Bonchev–Trinajstić information content (AvgIpc) is 3.02. The molecule has 11 nitrogen and oxygen atoms in total. The zero-order valence-corrected chi connectivity index (χ0v) is 29.0. The highest BCUT2D eigenvalue weighted by molar-refractivity contribution is 7.92. The van der Waals surface area contributed by atoms with Gasteiger partial charge in [-0.15, -0.1) is 0 Å². The Morgan fingerprint density at radius 2 is 1.78 bits per heavy atom.